The van der Waals surface area contributed by atoms with E-state index in [4.69, 9.17) is 16.3 Å². The van der Waals surface area contributed by atoms with Crippen LogP contribution in [0.3, 0.4) is 0 Å². The lowest BCUT2D eigenvalue weighted by molar-refractivity contribution is -0.154. The number of nitrogens with zero attached hydrogens (tertiary/aromatic N) is 1. The van der Waals surface area contributed by atoms with Crippen molar-refractivity contribution in [3.63, 3.8) is 0 Å². The van der Waals surface area contributed by atoms with E-state index < -0.39 is 23.9 Å². The Hall–Kier alpha value is -2.40. The van der Waals surface area contributed by atoms with Crippen LogP contribution in [0.4, 0.5) is 5.82 Å². The van der Waals surface area contributed by atoms with Crippen LogP contribution < -0.4 is 5.32 Å². The van der Waals surface area contributed by atoms with Crippen molar-refractivity contribution in [2.24, 2.45) is 0 Å². The molecule has 0 saturated carbocycles. The number of carbonyl (C=O) groups is 2. The molecule has 2 aromatic rings. The fourth-order valence-corrected chi connectivity index (χ4v) is 2.32. The van der Waals surface area contributed by atoms with Gasteiger partial charge in [0.15, 0.2) is 6.10 Å². The molecular weight excluding hydrogens is 328 g/mol. The largest absolute Gasteiger partial charge is 0.452 e. The zero-order valence-corrected chi connectivity index (χ0v) is 14.3. The van der Waals surface area contributed by atoms with E-state index in [9.17, 15) is 9.59 Å². The van der Waals surface area contributed by atoms with Crippen LogP contribution in [0, 0.1) is 0 Å². The normalized spacial score (nSPS) is 13.0. The van der Waals surface area contributed by atoms with E-state index in [1.807, 2.05) is 37.3 Å². The average molecular weight is 347 g/mol. The van der Waals surface area contributed by atoms with Gasteiger partial charge in [0.2, 0.25) is 0 Å². The Kier molecular flexibility index (Phi) is 6.32. The third-order valence-electron chi connectivity index (χ3n) is 3.54. The Balaban J connectivity index is 1.97. The van der Waals surface area contributed by atoms with E-state index in [-0.39, 0.29) is 0 Å². The SMILES string of the molecule is CC[C@@H](C(=O)O[C@H](C)C(=O)Nc1ccc(Cl)cn1)c1ccccc1. The summed E-state index contributed by atoms with van der Waals surface area (Å²) in [5.74, 6) is -0.908. The fraction of sp³-hybridized carbons (Fsp3) is 0.278. The predicted octanol–water partition coefficient (Wildman–Crippen LogP) is 3.80. The predicted molar refractivity (Wildman–Crippen MR) is 92.9 cm³/mol. The van der Waals surface area contributed by atoms with Gasteiger partial charge in [0, 0.05) is 6.20 Å². The molecule has 5 nitrogen and oxygen atoms in total. The van der Waals surface area contributed by atoms with Gasteiger partial charge < -0.3 is 10.1 Å². The zero-order valence-electron chi connectivity index (χ0n) is 13.5. The fourth-order valence-electron chi connectivity index (χ4n) is 2.21. The summed E-state index contributed by atoms with van der Waals surface area (Å²) in [6.45, 7) is 3.43. The van der Waals surface area contributed by atoms with Gasteiger partial charge >= 0.3 is 5.97 Å². The number of rotatable bonds is 6. The van der Waals surface area contributed by atoms with Crippen molar-refractivity contribution in [3.05, 3.63) is 59.2 Å². The van der Waals surface area contributed by atoms with Crippen LogP contribution >= 0.6 is 11.6 Å². The Morgan fingerprint density at radius 1 is 1.21 bits per heavy atom. The first-order valence-electron chi connectivity index (χ1n) is 7.69. The van der Waals surface area contributed by atoms with Crippen LogP contribution in [0.1, 0.15) is 31.7 Å². The van der Waals surface area contributed by atoms with Gasteiger partial charge in [-0.15, -0.1) is 0 Å². The lowest BCUT2D eigenvalue weighted by atomic mass is 9.97. The Morgan fingerprint density at radius 2 is 1.92 bits per heavy atom. The summed E-state index contributed by atoms with van der Waals surface area (Å²) in [6, 6.07) is 12.6. The molecule has 0 saturated heterocycles. The van der Waals surface area contributed by atoms with Crippen molar-refractivity contribution in [1.82, 2.24) is 4.98 Å². The highest BCUT2D eigenvalue weighted by Gasteiger charge is 2.25. The number of anilines is 1. The molecule has 0 spiro atoms. The van der Waals surface area contributed by atoms with Gasteiger partial charge in [-0.1, -0.05) is 48.9 Å². The quantitative estimate of drug-likeness (QED) is 0.808. The third-order valence-corrected chi connectivity index (χ3v) is 3.76. The molecule has 2 atom stereocenters. The van der Waals surface area contributed by atoms with Gasteiger partial charge in [-0.2, -0.15) is 0 Å². The maximum atomic E-state index is 12.4. The van der Waals surface area contributed by atoms with E-state index in [0.29, 0.717) is 17.3 Å². The molecule has 6 heteroatoms. The molecule has 0 fully saturated rings. The van der Waals surface area contributed by atoms with Crippen LogP contribution in [0.25, 0.3) is 0 Å². The molecule has 1 N–H and O–H groups in total. The standard InChI is InChI=1S/C18H19ClN2O3/c1-3-15(13-7-5-4-6-8-13)18(23)24-12(2)17(22)21-16-10-9-14(19)11-20-16/h4-12,15H,3H2,1-2H3,(H,20,21,22)/t12-,15-/m1/s1. The molecule has 1 amide bonds. The summed E-state index contributed by atoms with van der Waals surface area (Å²) in [5.41, 5.74) is 0.872. The van der Waals surface area contributed by atoms with Crippen molar-refractivity contribution in [1.29, 1.82) is 0 Å². The molecule has 0 aliphatic carbocycles. The molecule has 126 valence electrons. The Morgan fingerprint density at radius 3 is 2.50 bits per heavy atom. The topological polar surface area (TPSA) is 68.3 Å². The lowest BCUT2D eigenvalue weighted by Gasteiger charge is -2.18. The van der Waals surface area contributed by atoms with Crippen LogP contribution in [0.15, 0.2) is 48.7 Å². The number of ether oxygens (including phenoxy) is 1. The minimum atomic E-state index is -0.923. The summed E-state index contributed by atoms with van der Waals surface area (Å²) in [6.07, 6.45) is 1.10. The van der Waals surface area contributed by atoms with Crippen molar-refractivity contribution in [2.45, 2.75) is 32.3 Å². The number of carbonyl (C=O) groups excluding carboxylic acids is 2. The number of amides is 1. The van der Waals surface area contributed by atoms with Gasteiger partial charge in [0.1, 0.15) is 5.82 Å². The van der Waals surface area contributed by atoms with E-state index >= 15 is 0 Å². The molecule has 0 unspecified atom stereocenters. The smallest absolute Gasteiger partial charge is 0.314 e. The summed E-state index contributed by atoms with van der Waals surface area (Å²) in [7, 11) is 0. The van der Waals surface area contributed by atoms with E-state index in [1.165, 1.54) is 13.1 Å². The van der Waals surface area contributed by atoms with Crippen molar-refractivity contribution in [2.75, 3.05) is 5.32 Å². The van der Waals surface area contributed by atoms with Crippen LogP contribution in [-0.2, 0) is 14.3 Å². The van der Waals surface area contributed by atoms with Gasteiger partial charge in [0.25, 0.3) is 5.91 Å². The Labute approximate surface area is 146 Å². The number of hydrogen-bond donors (Lipinski definition) is 1. The molecule has 1 aromatic heterocycles. The zero-order chi connectivity index (χ0) is 17.5. The highest BCUT2D eigenvalue weighted by molar-refractivity contribution is 6.30. The monoisotopic (exact) mass is 346 g/mol. The summed E-state index contributed by atoms with van der Waals surface area (Å²) < 4.78 is 5.31. The lowest BCUT2D eigenvalue weighted by Crippen LogP contribution is -2.32. The number of nitrogens with one attached hydrogen (secondary N) is 1. The minimum absolute atomic E-state index is 0.349. The van der Waals surface area contributed by atoms with Gasteiger partial charge in [-0.05, 0) is 31.0 Å². The van der Waals surface area contributed by atoms with Crippen LogP contribution in [0.2, 0.25) is 5.02 Å². The molecule has 0 bridgehead atoms. The molecule has 2 rings (SSSR count). The van der Waals surface area contributed by atoms with Gasteiger partial charge in [0.05, 0.1) is 10.9 Å². The summed E-state index contributed by atoms with van der Waals surface area (Å²) >= 11 is 5.74. The van der Waals surface area contributed by atoms with Gasteiger partial charge in [-0.25, -0.2) is 4.98 Å². The molecule has 0 aliphatic heterocycles. The van der Waals surface area contributed by atoms with E-state index in [2.05, 4.69) is 10.3 Å². The molecule has 0 aliphatic rings. The number of halogens is 1. The third kappa shape index (κ3) is 4.80. The van der Waals surface area contributed by atoms with E-state index in [0.717, 1.165) is 5.56 Å². The molecular formula is C18H19ClN2O3. The maximum Gasteiger partial charge on any atom is 0.314 e. The number of pyridine rings is 1. The second kappa shape index (κ2) is 8.45. The number of hydrogen-bond acceptors (Lipinski definition) is 4. The average Bonchev–Trinajstić information content (AvgIpc) is 2.58. The van der Waals surface area contributed by atoms with Crippen molar-refractivity contribution in [3.8, 4) is 0 Å². The maximum absolute atomic E-state index is 12.4. The second-order valence-corrected chi connectivity index (χ2v) is 5.74. The second-order valence-electron chi connectivity index (χ2n) is 5.30. The first-order valence-corrected chi connectivity index (χ1v) is 8.07. The first kappa shape index (κ1) is 17.9. The van der Waals surface area contributed by atoms with Crippen molar-refractivity contribution < 1.29 is 14.3 Å². The number of benzene rings is 1. The minimum Gasteiger partial charge on any atom is -0.452 e. The molecule has 24 heavy (non-hydrogen) atoms. The van der Waals surface area contributed by atoms with E-state index in [1.54, 1.807) is 12.1 Å². The number of esters is 1. The number of aromatic nitrogens is 1. The van der Waals surface area contributed by atoms with Gasteiger partial charge in [-0.3, -0.25) is 9.59 Å². The first-order chi connectivity index (χ1) is 11.5. The highest BCUT2D eigenvalue weighted by atomic mass is 35.5. The molecule has 1 aromatic carbocycles. The van der Waals surface area contributed by atoms with Crippen molar-refractivity contribution >= 4 is 29.3 Å². The van der Waals surface area contributed by atoms with Crippen LogP contribution in [0.5, 0.6) is 0 Å². The summed E-state index contributed by atoms with van der Waals surface area (Å²) in [5, 5.41) is 3.06. The summed E-state index contributed by atoms with van der Waals surface area (Å²) in [4.78, 5) is 28.4. The Bertz CT molecular complexity index is 689. The van der Waals surface area contributed by atoms with Crippen LogP contribution in [-0.4, -0.2) is 23.0 Å². The molecule has 0 radical (unpaired) electrons. The highest BCUT2D eigenvalue weighted by Crippen LogP contribution is 2.21. The molecule has 1 heterocycles.